The van der Waals surface area contributed by atoms with Crippen molar-refractivity contribution in [3.63, 3.8) is 0 Å². The van der Waals surface area contributed by atoms with E-state index in [0.29, 0.717) is 0 Å². The van der Waals surface area contributed by atoms with Crippen molar-refractivity contribution in [2.75, 3.05) is 0 Å². The Hall–Kier alpha value is -2.43. The van der Waals surface area contributed by atoms with Gasteiger partial charge < -0.3 is 10.4 Å². The van der Waals surface area contributed by atoms with Crippen molar-refractivity contribution in [1.82, 2.24) is 10.3 Å². The van der Waals surface area contributed by atoms with E-state index in [4.69, 9.17) is 5.11 Å². The number of fused-ring (bicyclic) bond motifs is 1. The van der Waals surface area contributed by atoms with Gasteiger partial charge in [-0.3, -0.25) is 9.78 Å². The molecule has 2 N–H and O–H groups in total. The fourth-order valence-electron chi connectivity index (χ4n) is 1.56. The molecule has 1 heterocycles. The van der Waals surface area contributed by atoms with Crippen molar-refractivity contribution >= 4 is 22.8 Å². The first-order chi connectivity index (χ1) is 8.18. The van der Waals surface area contributed by atoms with Crippen LogP contribution in [0.4, 0.5) is 0 Å². The van der Waals surface area contributed by atoms with Crippen LogP contribution in [0.1, 0.15) is 5.56 Å². The number of amides is 1. The maximum absolute atomic E-state index is 10.9. The lowest BCUT2D eigenvalue weighted by atomic mass is 10.1. The highest BCUT2D eigenvalue weighted by Crippen LogP contribution is 2.15. The Morgan fingerprint density at radius 3 is 2.76 bits per heavy atom. The zero-order valence-corrected chi connectivity index (χ0v) is 8.88. The van der Waals surface area contributed by atoms with E-state index < -0.39 is 11.9 Å². The number of nitrogens with zero attached hydrogens (tertiary/aromatic N) is 1. The van der Waals surface area contributed by atoms with Crippen molar-refractivity contribution in [3.05, 3.63) is 42.1 Å². The molecule has 0 spiro atoms. The summed E-state index contributed by atoms with van der Waals surface area (Å²) < 4.78 is 0. The summed E-state index contributed by atoms with van der Waals surface area (Å²) in [5.74, 6) is -2.50. The van der Waals surface area contributed by atoms with E-state index in [2.05, 4.69) is 10.3 Å². The van der Waals surface area contributed by atoms with Crippen molar-refractivity contribution < 1.29 is 14.7 Å². The maximum atomic E-state index is 10.9. The monoisotopic (exact) mass is 230 g/mol. The molecule has 0 saturated carbocycles. The number of pyridine rings is 1. The number of carboxylic acid groups (broad SMARTS) is 1. The predicted molar refractivity (Wildman–Crippen MR) is 61.2 cm³/mol. The average molecular weight is 230 g/mol. The van der Waals surface area contributed by atoms with Gasteiger partial charge in [0.2, 0.25) is 0 Å². The second-order valence-electron chi connectivity index (χ2n) is 3.48. The number of carbonyl (C=O) groups excluding carboxylic acids is 1. The summed E-state index contributed by atoms with van der Waals surface area (Å²) in [6.45, 7) is 0.152. The number of carboxylic acids is 1. The second-order valence-corrected chi connectivity index (χ2v) is 3.48. The Kier molecular flexibility index (Phi) is 3.00. The lowest BCUT2D eigenvalue weighted by Gasteiger charge is -2.05. The van der Waals surface area contributed by atoms with Crippen LogP contribution < -0.4 is 5.32 Å². The molecule has 1 amide bonds. The molecular formula is C12H10N2O3. The molecule has 1 aromatic heterocycles. The third-order valence-electron chi connectivity index (χ3n) is 2.35. The first kappa shape index (κ1) is 11.1. The molecule has 2 rings (SSSR count). The quantitative estimate of drug-likeness (QED) is 0.752. The fourth-order valence-corrected chi connectivity index (χ4v) is 1.56. The van der Waals surface area contributed by atoms with Gasteiger partial charge in [-0.2, -0.15) is 0 Å². The van der Waals surface area contributed by atoms with Gasteiger partial charge in [-0.15, -0.1) is 0 Å². The highest BCUT2D eigenvalue weighted by Gasteiger charge is 2.10. The SMILES string of the molecule is O=C(O)C(=O)NCc1cccc2cccnc12. The molecule has 17 heavy (non-hydrogen) atoms. The molecule has 5 heteroatoms. The van der Waals surface area contributed by atoms with E-state index in [-0.39, 0.29) is 6.54 Å². The van der Waals surface area contributed by atoms with E-state index in [1.807, 2.05) is 24.3 Å². The van der Waals surface area contributed by atoms with Gasteiger partial charge in [-0.25, -0.2) is 4.79 Å². The Morgan fingerprint density at radius 2 is 2.00 bits per heavy atom. The minimum Gasteiger partial charge on any atom is -0.474 e. The zero-order valence-electron chi connectivity index (χ0n) is 8.88. The number of carbonyl (C=O) groups is 2. The first-order valence-corrected chi connectivity index (χ1v) is 5.02. The number of para-hydroxylation sites is 1. The first-order valence-electron chi connectivity index (χ1n) is 5.02. The lowest BCUT2D eigenvalue weighted by molar-refractivity contribution is -0.150. The molecule has 0 fully saturated rings. The summed E-state index contributed by atoms with van der Waals surface area (Å²) in [4.78, 5) is 25.5. The van der Waals surface area contributed by atoms with Gasteiger partial charge in [0, 0.05) is 18.1 Å². The highest BCUT2D eigenvalue weighted by molar-refractivity contribution is 6.31. The number of hydrogen-bond acceptors (Lipinski definition) is 3. The van der Waals surface area contributed by atoms with Crippen molar-refractivity contribution in [2.45, 2.75) is 6.54 Å². The van der Waals surface area contributed by atoms with Crippen molar-refractivity contribution in [1.29, 1.82) is 0 Å². The normalized spacial score (nSPS) is 10.1. The molecule has 0 aliphatic rings. The van der Waals surface area contributed by atoms with E-state index >= 15 is 0 Å². The molecular weight excluding hydrogens is 220 g/mol. The number of aliphatic carboxylic acids is 1. The predicted octanol–water partition coefficient (Wildman–Crippen LogP) is 0.936. The summed E-state index contributed by atoms with van der Waals surface area (Å²) in [5, 5.41) is 11.7. The third-order valence-corrected chi connectivity index (χ3v) is 2.35. The van der Waals surface area contributed by atoms with Crippen LogP contribution in [0, 0.1) is 0 Å². The summed E-state index contributed by atoms with van der Waals surface area (Å²) in [6.07, 6.45) is 1.66. The van der Waals surface area contributed by atoms with Gasteiger partial charge in [0.15, 0.2) is 0 Å². The van der Waals surface area contributed by atoms with Crippen LogP contribution in [0.15, 0.2) is 36.5 Å². The molecule has 0 unspecified atom stereocenters. The van der Waals surface area contributed by atoms with Crippen molar-refractivity contribution in [3.8, 4) is 0 Å². The largest absolute Gasteiger partial charge is 0.474 e. The number of benzene rings is 1. The lowest BCUT2D eigenvalue weighted by Crippen LogP contribution is -2.30. The highest BCUT2D eigenvalue weighted by atomic mass is 16.4. The third kappa shape index (κ3) is 2.39. The Balaban J connectivity index is 2.24. The van der Waals surface area contributed by atoms with E-state index in [1.165, 1.54) is 0 Å². The summed E-state index contributed by atoms with van der Waals surface area (Å²) in [7, 11) is 0. The van der Waals surface area contributed by atoms with Crippen LogP contribution in [0.25, 0.3) is 10.9 Å². The van der Waals surface area contributed by atoms with E-state index in [0.717, 1.165) is 16.5 Å². The van der Waals surface area contributed by atoms with Gasteiger partial charge in [-0.1, -0.05) is 24.3 Å². The number of aromatic nitrogens is 1. The van der Waals surface area contributed by atoms with Gasteiger partial charge in [-0.05, 0) is 11.6 Å². The number of nitrogens with one attached hydrogen (secondary N) is 1. The van der Waals surface area contributed by atoms with Crippen LogP contribution in [0.2, 0.25) is 0 Å². The Bertz CT molecular complexity index is 575. The van der Waals surface area contributed by atoms with Crippen LogP contribution in [0.3, 0.4) is 0 Å². The van der Waals surface area contributed by atoms with Gasteiger partial charge in [0.1, 0.15) is 0 Å². The molecule has 0 aliphatic heterocycles. The summed E-state index contributed by atoms with van der Waals surface area (Å²) in [5.41, 5.74) is 1.55. The molecule has 0 aliphatic carbocycles. The molecule has 1 aromatic carbocycles. The molecule has 0 saturated heterocycles. The maximum Gasteiger partial charge on any atom is 0.394 e. The minimum atomic E-state index is -1.49. The minimum absolute atomic E-state index is 0.152. The standard InChI is InChI=1S/C12H10N2O3/c15-11(12(16)17)14-7-9-4-1-3-8-5-2-6-13-10(8)9/h1-6H,7H2,(H,14,15)(H,16,17). The molecule has 2 aromatic rings. The molecule has 5 nitrogen and oxygen atoms in total. The molecule has 86 valence electrons. The molecule has 0 radical (unpaired) electrons. The Labute approximate surface area is 97.1 Å². The van der Waals surface area contributed by atoms with Crippen LogP contribution in [-0.2, 0) is 16.1 Å². The van der Waals surface area contributed by atoms with E-state index in [9.17, 15) is 9.59 Å². The van der Waals surface area contributed by atoms with Crippen molar-refractivity contribution in [2.24, 2.45) is 0 Å². The summed E-state index contributed by atoms with van der Waals surface area (Å²) >= 11 is 0. The van der Waals surface area contributed by atoms with Gasteiger partial charge in [0.05, 0.1) is 5.52 Å². The van der Waals surface area contributed by atoms with Crippen LogP contribution in [0.5, 0.6) is 0 Å². The summed E-state index contributed by atoms with van der Waals surface area (Å²) in [6, 6.07) is 9.28. The van der Waals surface area contributed by atoms with Crippen LogP contribution in [-0.4, -0.2) is 22.0 Å². The molecule has 0 bridgehead atoms. The Morgan fingerprint density at radius 1 is 1.24 bits per heavy atom. The second kappa shape index (κ2) is 4.61. The van der Waals surface area contributed by atoms with Crippen LogP contribution >= 0.6 is 0 Å². The van der Waals surface area contributed by atoms with Gasteiger partial charge >= 0.3 is 11.9 Å². The smallest absolute Gasteiger partial charge is 0.394 e. The zero-order chi connectivity index (χ0) is 12.3. The fraction of sp³-hybridized carbons (Fsp3) is 0.0833. The van der Waals surface area contributed by atoms with Gasteiger partial charge in [0.25, 0.3) is 0 Å². The van der Waals surface area contributed by atoms with E-state index in [1.54, 1.807) is 12.3 Å². The topological polar surface area (TPSA) is 79.3 Å². The number of rotatable bonds is 2. The molecule has 0 atom stereocenters. The average Bonchev–Trinajstić information content (AvgIpc) is 2.35. The number of hydrogen-bond donors (Lipinski definition) is 2.